The lowest BCUT2D eigenvalue weighted by molar-refractivity contribution is -0.130. The fraction of sp³-hybridized carbons (Fsp3) is 0.267. The van der Waals surface area contributed by atoms with Crippen LogP contribution in [0, 0.1) is 6.92 Å². The van der Waals surface area contributed by atoms with Crippen LogP contribution in [0.3, 0.4) is 0 Å². The predicted octanol–water partition coefficient (Wildman–Crippen LogP) is 3.27. The number of carbonyl (C=O) groups excluding carboxylic acids is 1. The lowest BCUT2D eigenvalue weighted by Crippen LogP contribution is -2.27. The molecule has 0 radical (unpaired) electrons. The predicted molar refractivity (Wildman–Crippen MR) is 77.9 cm³/mol. The van der Waals surface area contributed by atoms with E-state index >= 15 is 0 Å². The topological polar surface area (TPSA) is 29.5 Å². The van der Waals surface area contributed by atoms with Gasteiger partial charge in [-0.05, 0) is 47.5 Å². The van der Waals surface area contributed by atoms with Gasteiger partial charge in [0, 0.05) is 19.1 Å². The summed E-state index contributed by atoms with van der Waals surface area (Å²) in [5.41, 5.74) is 0.987. The van der Waals surface area contributed by atoms with Gasteiger partial charge in [0.15, 0.2) is 6.61 Å². The van der Waals surface area contributed by atoms with Crippen molar-refractivity contribution in [3.05, 3.63) is 40.9 Å². The van der Waals surface area contributed by atoms with Crippen LogP contribution in [0.25, 0.3) is 10.8 Å². The van der Waals surface area contributed by atoms with E-state index in [1.807, 2.05) is 37.3 Å². The number of likely N-dealkylation sites (N-methyl/N-ethyl adjacent to an activating group) is 1. The molecule has 0 atom stereocenters. The second-order valence-corrected chi connectivity index (χ2v) is 5.12. The third-order valence-corrected chi connectivity index (χ3v) is 3.18. The van der Waals surface area contributed by atoms with Crippen molar-refractivity contribution in [2.24, 2.45) is 0 Å². The van der Waals surface area contributed by atoms with Gasteiger partial charge in [-0.1, -0.05) is 17.7 Å². The van der Waals surface area contributed by atoms with Crippen LogP contribution in [0.1, 0.15) is 5.56 Å². The molecule has 0 bridgehead atoms. The van der Waals surface area contributed by atoms with E-state index in [9.17, 15) is 4.79 Å². The Kier molecular flexibility index (Phi) is 3.96. The molecule has 0 saturated heterocycles. The van der Waals surface area contributed by atoms with Gasteiger partial charge in [0.25, 0.3) is 5.91 Å². The van der Waals surface area contributed by atoms with Crippen molar-refractivity contribution in [1.82, 2.24) is 4.90 Å². The Morgan fingerprint density at radius 2 is 1.95 bits per heavy atom. The highest BCUT2D eigenvalue weighted by molar-refractivity contribution is 6.31. The molecule has 19 heavy (non-hydrogen) atoms. The van der Waals surface area contributed by atoms with E-state index in [0.717, 1.165) is 22.1 Å². The van der Waals surface area contributed by atoms with Crippen LogP contribution in [-0.4, -0.2) is 31.5 Å². The Hall–Kier alpha value is -1.74. The summed E-state index contributed by atoms with van der Waals surface area (Å²) in [5.74, 6) is 0.667. The highest BCUT2D eigenvalue weighted by Crippen LogP contribution is 2.27. The molecule has 1 amide bonds. The Morgan fingerprint density at radius 1 is 1.21 bits per heavy atom. The smallest absolute Gasteiger partial charge is 0.259 e. The van der Waals surface area contributed by atoms with E-state index in [2.05, 4.69) is 0 Å². The molecule has 0 aliphatic rings. The Labute approximate surface area is 117 Å². The van der Waals surface area contributed by atoms with Crippen molar-refractivity contribution in [1.29, 1.82) is 0 Å². The van der Waals surface area contributed by atoms with Crippen molar-refractivity contribution >= 4 is 28.3 Å². The molecule has 0 saturated carbocycles. The first-order valence-corrected chi connectivity index (χ1v) is 6.38. The molecule has 2 aromatic carbocycles. The van der Waals surface area contributed by atoms with Gasteiger partial charge in [-0.15, -0.1) is 0 Å². The Bertz CT molecular complexity index is 623. The normalized spacial score (nSPS) is 10.5. The molecule has 4 heteroatoms. The van der Waals surface area contributed by atoms with Gasteiger partial charge in [-0.3, -0.25) is 4.79 Å². The molecule has 0 unspecified atom stereocenters. The van der Waals surface area contributed by atoms with Gasteiger partial charge in [-0.2, -0.15) is 0 Å². The maximum atomic E-state index is 11.5. The van der Waals surface area contributed by atoms with Crippen molar-refractivity contribution in [2.75, 3.05) is 20.7 Å². The molecular weight excluding hydrogens is 262 g/mol. The van der Waals surface area contributed by atoms with Crippen LogP contribution in [0.15, 0.2) is 30.3 Å². The number of hydrogen-bond acceptors (Lipinski definition) is 2. The van der Waals surface area contributed by atoms with Crippen molar-refractivity contribution in [3.63, 3.8) is 0 Å². The Balaban J connectivity index is 2.26. The summed E-state index contributed by atoms with van der Waals surface area (Å²) in [6.07, 6.45) is 0. The summed E-state index contributed by atoms with van der Waals surface area (Å²) >= 11 is 5.97. The molecule has 100 valence electrons. The minimum absolute atomic E-state index is 0.0485. The minimum atomic E-state index is -0.0596. The van der Waals surface area contributed by atoms with Gasteiger partial charge in [0.05, 0.1) is 0 Å². The molecule has 0 aliphatic heterocycles. The molecule has 0 aromatic heterocycles. The number of fused-ring (bicyclic) bond motifs is 1. The average molecular weight is 278 g/mol. The zero-order valence-electron chi connectivity index (χ0n) is 11.2. The van der Waals surface area contributed by atoms with E-state index in [-0.39, 0.29) is 12.5 Å². The molecule has 2 rings (SSSR count). The minimum Gasteiger partial charge on any atom is -0.483 e. The lowest BCUT2D eigenvalue weighted by atomic mass is 10.1. The summed E-state index contributed by atoms with van der Waals surface area (Å²) in [7, 11) is 3.42. The van der Waals surface area contributed by atoms with Gasteiger partial charge < -0.3 is 9.64 Å². The van der Waals surface area contributed by atoms with Gasteiger partial charge in [-0.25, -0.2) is 0 Å². The molecule has 0 aliphatic carbocycles. The third kappa shape index (κ3) is 3.18. The first kappa shape index (κ1) is 13.7. The van der Waals surface area contributed by atoms with Crippen LogP contribution in [0.4, 0.5) is 0 Å². The number of aryl methyl sites for hydroxylation is 1. The van der Waals surface area contributed by atoms with E-state index in [4.69, 9.17) is 16.3 Å². The van der Waals surface area contributed by atoms with Crippen molar-refractivity contribution < 1.29 is 9.53 Å². The lowest BCUT2D eigenvalue weighted by Gasteiger charge is -2.13. The quantitative estimate of drug-likeness (QED) is 0.862. The fourth-order valence-electron chi connectivity index (χ4n) is 1.79. The summed E-state index contributed by atoms with van der Waals surface area (Å²) in [4.78, 5) is 13.0. The number of rotatable bonds is 3. The van der Waals surface area contributed by atoms with Crippen LogP contribution >= 0.6 is 11.6 Å². The molecule has 0 N–H and O–H groups in total. The fourth-order valence-corrected chi connectivity index (χ4v) is 1.97. The van der Waals surface area contributed by atoms with Crippen molar-refractivity contribution in [3.8, 4) is 5.75 Å². The number of nitrogens with zero attached hydrogens (tertiary/aromatic N) is 1. The summed E-state index contributed by atoms with van der Waals surface area (Å²) in [5, 5.41) is 2.82. The van der Waals surface area contributed by atoms with Gasteiger partial charge >= 0.3 is 0 Å². The van der Waals surface area contributed by atoms with Gasteiger partial charge in [0.1, 0.15) is 5.75 Å². The maximum absolute atomic E-state index is 11.5. The number of halogens is 1. The highest BCUT2D eigenvalue weighted by Gasteiger charge is 2.08. The monoisotopic (exact) mass is 277 g/mol. The summed E-state index contributed by atoms with van der Waals surface area (Å²) < 4.78 is 5.57. The standard InChI is InChI=1S/C15H16ClNO2/c1-10-6-12-7-13(16)5-4-11(12)8-14(10)19-9-15(18)17(2)3/h4-8H,9H2,1-3H3. The van der Waals surface area contributed by atoms with Crippen LogP contribution in [0.5, 0.6) is 5.75 Å². The largest absolute Gasteiger partial charge is 0.483 e. The number of benzene rings is 2. The third-order valence-electron chi connectivity index (χ3n) is 2.95. The van der Waals surface area contributed by atoms with E-state index < -0.39 is 0 Å². The Morgan fingerprint density at radius 3 is 2.63 bits per heavy atom. The number of carbonyl (C=O) groups is 1. The van der Waals surface area contributed by atoms with E-state index in [0.29, 0.717) is 5.02 Å². The number of amides is 1. The molecule has 0 heterocycles. The average Bonchev–Trinajstić information content (AvgIpc) is 2.35. The maximum Gasteiger partial charge on any atom is 0.259 e. The zero-order valence-corrected chi connectivity index (χ0v) is 12.0. The molecular formula is C15H16ClNO2. The SMILES string of the molecule is Cc1cc2cc(Cl)ccc2cc1OCC(=O)N(C)C. The highest BCUT2D eigenvalue weighted by atomic mass is 35.5. The van der Waals surface area contributed by atoms with Crippen LogP contribution in [0.2, 0.25) is 5.02 Å². The molecule has 0 spiro atoms. The van der Waals surface area contributed by atoms with Gasteiger partial charge in [0.2, 0.25) is 0 Å². The zero-order chi connectivity index (χ0) is 14.0. The summed E-state index contributed by atoms with van der Waals surface area (Å²) in [6, 6.07) is 9.64. The second kappa shape index (κ2) is 5.49. The summed E-state index contributed by atoms with van der Waals surface area (Å²) in [6.45, 7) is 2.00. The second-order valence-electron chi connectivity index (χ2n) is 4.69. The van der Waals surface area contributed by atoms with Crippen molar-refractivity contribution in [2.45, 2.75) is 6.92 Å². The van der Waals surface area contributed by atoms with Crippen LogP contribution < -0.4 is 4.74 Å². The molecule has 2 aromatic rings. The number of hydrogen-bond donors (Lipinski definition) is 0. The first-order valence-electron chi connectivity index (χ1n) is 6.00. The molecule has 3 nitrogen and oxygen atoms in total. The van der Waals surface area contributed by atoms with E-state index in [1.165, 1.54) is 4.90 Å². The van der Waals surface area contributed by atoms with E-state index in [1.54, 1.807) is 14.1 Å². The number of ether oxygens (including phenoxy) is 1. The first-order chi connectivity index (χ1) is 8.97. The van der Waals surface area contributed by atoms with Crippen LogP contribution in [-0.2, 0) is 4.79 Å². The molecule has 0 fully saturated rings.